The molecule has 5 heteroatoms. The number of piperazine rings is 1. The molecule has 0 radical (unpaired) electrons. The van der Waals surface area contributed by atoms with Gasteiger partial charge in [-0.2, -0.15) is 0 Å². The molecule has 0 spiro atoms. The first-order valence-corrected chi connectivity index (χ1v) is 8.01. The highest BCUT2D eigenvalue weighted by Gasteiger charge is 2.39. The standard InChI is InChI=1S/C15H27N3O.ClH/c19-15(11-14-10-12-1-2-13(14)9-12)17-5-8-18-6-3-16-4-7-18;/h12-14,16H,1-11H2,(H,17,19);1H. The van der Waals surface area contributed by atoms with E-state index in [1.165, 1.54) is 25.7 Å². The fourth-order valence-corrected chi connectivity index (χ4v) is 4.22. The van der Waals surface area contributed by atoms with E-state index in [1.54, 1.807) is 0 Å². The second-order valence-electron chi connectivity index (χ2n) is 6.58. The van der Waals surface area contributed by atoms with E-state index in [0.29, 0.717) is 5.92 Å². The minimum Gasteiger partial charge on any atom is -0.355 e. The lowest BCUT2D eigenvalue weighted by molar-refractivity contribution is -0.122. The van der Waals surface area contributed by atoms with Crippen LogP contribution in [-0.4, -0.2) is 50.1 Å². The molecule has 0 aromatic heterocycles. The summed E-state index contributed by atoms with van der Waals surface area (Å²) in [5, 5.41) is 6.46. The van der Waals surface area contributed by atoms with Gasteiger partial charge < -0.3 is 10.6 Å². The molecule has 3 fully saturated rings. The molecule has 3 aliphatic rings. The van der Waals surface area contributed by atoms with Crippen LogP contribution in [0.2, 0.25) is 0 Å². The largest absolute Gasteiger partial charge is 0.355 e. The van der Waals surface area contributed by atoms with Gasteiger partial charge in [0.15, 0.2) is 0 Å². The Morgan fingerprint density at radius 1 is 1.20 bits per heavy atom. The first-order valence-electron chi connectivity index (χ1n) is 8.01. The van der Waals surface area contributed by atoms with E-state index in [1.807, 2.05) is 0 Å². The summed E-state index contributed by atoms with van der Waals surface area (Å²) in [5.41, 5.74) is 0. The van der Waals surface area contributed by atoms with Crippen molar-refractivity contribution in [3.05, 3.63) is 0 Å². The number of rotatable bonds is 5. The number of carbonyl (C=O) groups is 1. The average molecular weight is 302 g/mol. The van der Waals surface area contributed by atoms with Gasteiger partial charge in [-0.05, 0) is 37.0 Å². The Kier molecular flexibility index (Phi) is 6.12. The van der Waals surface area contributed by atoms with E-state index < -0.39 is 0 Å². The molecule has 116 valence electrons. The van der Waals surface area contributed by atoms with Gasteiger partial charge in [-0.1, -0.05) is 6.42 Å². The van der Waals surface area contributed by atoms with E-state index in [0.717, 1.165) is 57.5 Å². The molecular formula is C15H28ClN3O. The van der Waals surface area contributed by atoms with Gasteiger partial charge in [0.1, 0.15) is 0 Å². The number of carbonyl (C=O) groups excluding carboxylic acids is 1. The highest BCUT2D eigenvalue weighted by molar-refractivity contribution is 5.85. The molecule has 3 rings (SSSR count). The molecule has 1 aliphatic heterocycles. The lowest BCUT2D eigenvalue weighted by Crippen LogP contribution is -2.46. The number of hydrogen-bond acceptors (Lipinski definition) is 3. The molecule has 1 amide bonds. The lowest BCUT2D eigenvalue weighted by Gasteiger charge is -2.27. The third-order valence-electron chi connectivity index (χ3n) is 5.29. The molecule has 2 saturated carbocycles. The first-order chi connectivity index (χ1) is 9.31. The van der Waals surface area contributed by atoms with Gasteiger partial charge >= 0.3 is 0 Å². The van der Waals surface area contributed by atoms with Crippen LogP contribution < -0.4 is 10.6 Å². The molecular weight excluding hydrogens is 274 g/mol. The molecule has 3 unspecified atom stereocenters. The summed E-state index contributed by atoms with van der Waals surface area (Å²) in [4.78, 5) is 14.4. The van der Waals surface area contributed by atoms with Gasteiger partial charge in [0.05, 0.1) is 0 Å². The van der Waals surface area contributed by atoms with Gasteiger partial charge in [-0.15, -0.1) is 12.4 Å². The molecule has 2 N–H and O–H groups in total. The van der Waals surface area contributed by atoms with Gasteiger partial charge in [0, 0.05) is 45.7 Å². The highest BCUT2D eigenvalue weighted by Crippen LogP contribution is 2.49. The summed E-state index contributed by atoms with van der Waals surface area (Å²) in [6.07, 6.45) is 6.30. The zero-order valence-electron chi connectivity index (χ0n) is 12.3. The van der Waals surface area contributed by atoms with Gasteiger partial charge in [-0.25, -0.2) is 0 Å². The van der Waals surface area contributed by atoms with Crippen molar-refractivity contribution in [1.29, 1.82) is 0 Å². The van der Waals surface area contributed by atoms with Crippen LogP contribution in [0.5, 0.6) is 0 Å². The van der Waals surface area contributed by atoms with Crippen molar-refractivity contribution in [3.63, 3.8) is 0 Å². The highest BCUT2D eigenvalue weighted by atomic mass is 35.5. The number of halogens is 1. The second-order valence-corrected chi connectivity index (χ2v) is 6.58. The molecule has 0 aromatic carbocycles. The van der Waals surface area contributed by atoms with E-state index in [4.69, 9.17) is 0 Å². The van der Waals surface area contributed by atoms with Crippen LogP contribution in [0.15, 0.2) is 0 Å². The van der Waals surface area contributed by atoms with Crippen LogP contribution in [0, 0.1) is 17.8 Å². The quantitative estimate of drug-likeness (QED) is 0.803. The fourth-order valence-electron chi connectivity index (χ4n) is 4.22. The van der Waals surface area contributed by atoms with E-state index in [2.05, 4.69) is 15.5 Å². The topological polar surface area (TPSA) is 44.4 Å². The molecule has 2 aliphatic carbocycles. The predicted molar refractivity (Wildman–Crippen MR) is 83.1 cm³/mol. The molecule has 1 saturated heterocycles. The summed E-state index contributed by atoms with van der Waals surface area (Å²) in [5.74, 6) is 2.79. The van der Waals surface area contributed by atoms with Crippen molar-refractivity contribution in [3.8, 4) is 0 Å². The molecule has 3 atom stereocenters. The number of nitrogens with one attached hydrogen (secondary N) is 2. The van der Waals surface area contributed by atoms with Crippen LogP contribution in [0.25, 0.3) is 0 Å². The SMILES string of the molecule is Cl.O=C(CC1CC2CCC1C2)NCCN1CCNCC1. The van der Waals surface area contributed by atoms with Gasteiger partial charge in [0.25, 0.3) is 0 Å². The maximum absolute atomic E-state index is 12.0. The van der Waals surface area contributed by atoms with Crippen LogP contribution in [0.3, 0.4) is 0 Å². The monoisotopic (exact) mass is 301 g/mol. The van der Waals surface area contributed by atoms with E-state index in [9.17, 15) is 4.79 Å². The van der Waals surface area contributed by atoms with Crippen LogP contribution in [0.1, 0.15) is 32.1 Å². The van der Waals surface area contributed by atoms with Crippen molar-refractivity contribution < 1.29 is 4.79 Å². The summed E-state index contributed by atoms with van der Waals surface area (Å²) < 4.78 is 0. The van der Waals surface area contributed by atoms with Crippen molar-refractivity contribution in [2.75, 3.05) is 39.3 Å². The minimum absolute atomic E-state index is 0. The summed E-state index contributed by atoms with van der Waals surface area (Å²) in [6.45, 7) is 6.21. The smallest absolute Gasteiger partial charge is 0.220 e. The first kappa shape index (κ1) is 16.1. The molecule has 1 heterocycles. The summed E-state index contributed by atoms with van der Waals surface area (Å²) in [6, 6.07) is 0. The van der Waals surface area contributed by atoms with E-state index in [-0.39, 0.29) is 18.3 Å². The number of nitrogens with zero attached hydrogens (tertiary/aromatic N) is 1. The second kappa shape index (κ2) is 7.62. The molecule has 2 bridgehead atoms. The Morgan fingerprint density at radius 2 is 2.00 bits per heavy atom. The normalized spacial score (nSPS) is 32.9. The maximum atomic E-state index is 12.0. The Bertz CT molecular complexity index is 320. The predicted octanol–water partition coefficient (Wildman–Crippen LogP) is 1.26. The Balaban J connectivity index is 0.00000147. The molecule has 4 nitrogen and oxygen atoms in total. The molecule has 20 heavy (non-hydrogen) atoms. The Hall–Kier alpha value is -0.320. The van der Waals surface area contributed by atoms with Crippen LogP contribution in [-0.2, 0) is 4.79 Å². The number of hydrogen-bond donors (Lipinski definition) is 2. The number of fused-ring (bicyclic) bond motifs is 2. The van der Waals surface area contributed by atoms with Crippen molar-refractivity contribution >= 4 is 18.3 Å². The maximum Gasteiger partial charge on any atom is 0.220 e. The van der Waals surface area contributed by atoms with Crippen molar-refractivity contribution in [1.82, 2.24) is 15.5 Å². The van der Waals surface area contributed by atoms with Crippen LogP contribution >= 0.6 is 12.4 Å². The third-order valence-corrected chi connectivity index (χ3v) is 5.29. The zero-order valence-corrected chi connectivity index (χ0v) is 13.1. The Morgan fingerprint density at radius 3 is 2.65 bits per heavy atom. The van der Waals surface area contributed by atoms with Gasteiger partial charge in [-0.3, -0.25) is 9.69 Å². The minimum atomic E-state index is 0. The fraction of sp³-hybridized carbons (Fsp3) is 0.933. The zero-order chi connectivity index (χ0) is 13.1. The van der Waals surface area contributed by atoms with E-state index >= 15 is 0 Å². The summed E-state index contributed by atoms with van der Waals surface area (Å²) >= 11 is 0. The molecule has 0 aromatic rings. The van der Waals surface area contributed by atoms with Crippen molar-refractivity contribution in [2.24, 2.45) is 17.8 Å². The number of amides is 1. The van der Waals surface area contributed by atoms with Gasteiger partial charge in [0.2, 0.25) is 5.91 Å². The average Bonchev–Trinajstić information content (AvgIpc) is 3.02. The van der Waals surface area contributed by atoms with Crippen molar-refractivity contribution in [2.45, 2.75) is 32.1 Å². The van der Waals surface area contributed by atoms with Crippen LogP contribution in [0.4, 0.5) is 0 Å². The Labute approximate surface area is 128 Å². The summed E-state index contributed by atoms with van der Waals surface area (Å²) in [7, 11) is 0. The third kappa shape index (κ3) is 4.09. The lowest BCUT2D eigenvalue weighted by atomic mass is 9.86.